The highest BCUT2D eigenvalue weighted by Gasteiger charge is 2.38. The Balaban J connectivity index is 1.47. The number of hydrogen-bond donors (Lipinski definition) is 2. The molecular weight excluding hydrogens is 398 g/mol. The maximum Gasteiger partial charge on any atom is 0.271 e. The minimum atomic E-state index is -3.86. The Hall–Kier alpha value is -2.64. The van der Waals surface area contributed by atoms with E-state index in [0.717, 1.165) is 18.6 Å². The first-order chi connectivity index (χ1) is 13.4. The number of fused-ring (bicyclic) bond motifs is 1. The Morgan fingerprint density at radius 1 is 1.14 bits per heavy atom. The molecule has 0 saturated heterocycles. The standard InChI is InChI=1S/C20H18ClN3O3S/c21-15-6-3-7-16(12-15)24-28(26,27)17-8-1-5-14(10-17)20(25)23-22-19-11-13-4-2-9-18(13)19/h1-8,10,12-13,18,24H,9,11H2,(H,23,25)/b22-19-/t13-,18+/m0/s1. The maximum atomic E-state index is 12.6. The molecule has 144 valence electrons. The number of carbonyl (C=O) groups excluding carboxylic acids is 1. The molecule has 2 aromatic carbocycles. The predicted octanol–water partition coefficient (Wildman–Crippen LogP) is 3.82. The van der Waals surface area contributed by atoms with Crippen LogP contribution in [0.1, 0.15) is 23.2 Å². The van der Waals surface area contributed by atoms with Gasteiger partial charge in [-0.1, -0.05) is 35.9 Å². The van der Waals surface area contributed by atoms with Gasteiger partial charge in [-0.3, -0.25) is 9.52 Å². The molecule has 1 saturated carbocycles. The molecule has 0 heterocycles. The number of anilines is 1. The second kappa shape index (κ2) is 7.41. The van der Waals surface area contributed by atoms with Crippen LogP contribution in [0.2, 0.25) is 5.02 Å². The minimum absolute atomic E-state index is 0.0171. The van der Waals surface area contributed by atoms with Crippen LogP contribution >= 0.6 is 11.6 Å². The lowest BCUT2D eigenvalue weighted by atomic mass is 9.74. The number of amides is 1. The summed E-state index contributed by atoms with van der Waals surface area (Å²) in [5.41, 5.74) is 4.09. The fraction of sp³-hybridized carbons (Fsp3) is 0.200. The third-order valence-corrected chi connectivity index (χ3v) is 6.56. The van der Waals surface area contributed by atoms with Crippen molar-refractivity contribution in [1.82, 2.24) is 5.43 Å². The highest BCUT2D eigenvalue weighted by atomic mass is 35.5. The molecule has 0 aliphatic heterocycles. The lowest BCUT2D eigenvalue weighted by Crippen LogP contribution is -2.35. The van der Waals surface area contributed by atoms with Gasteiger partial charge in [-0.15, -0.1) is 0 Å². The minimum Gasteiger partial charge on any atom is -0.280 e. The average molecular weight is 416 g/mol. The Kier molecular flexibility index (Phi) is 4.95. The molecular formula is C20H18ClN3O3S. The van der Waals surface area contributed by atoms with Crippen LogP contribution < -0.4 is 10.1 Å². The Bertz CT molecular complexity index is 1100. The van der Waals surface area contributed by atoms with E-state index in [4.69, 9.17) is 11.6 Å². The quantitative estimate of drug-likeness (QED) is 0.574. The topological polar surface area (TPSA) is 87.6 Å². The molecule has 0 bridgehead atoms. The summed E-state index contributed by atoms with van der Waals surface area (Å²) in [6, 6.07) is 12.2. The molecule has 1 fully saturated rings. The normalized spacial score (nSPS) is 21.8. The van der Waals surface area contributed by atoms with Gasteiger partial charge >= 0.3 is 0 Å². The van der Waals surface area contributed by atoms with Crippen molar-refractivity contribution >= 4 is 38.9 Å². The molecule has 2 aromatic rings. The molecule has 0 spiro atoms. The number of sulfonamides is 1. The van der Waals surface area contributed by atoms with Crippen LogP contribution in [0.3, 0.4) is 0 Å². The van der Waals surface area contributed by atoms with Crippen LogP contribution in [-0.4, -0.2) is 20.0 Å². The monoisotopic (exact) mass is 415 g/mol. The van der Waals surface area contributed by atoms with E-state index in [1.54, 1.807) is 24.3 Å². The van der Waals surface area contributed by atoms with E-state index in [1.165, 1.54) is 24.3 Å². The third-order valence-electron chi connectivity index (χ3n) is 4.95. The molecule has 0 unspecified atom stereocenters. The van der Waals surface area contributed by atoms with Crippen LogP contribution in [0.4, 0.5) is 5.69 Å². The van der Waals surface area contributed by atoms with Crippen LogP contribution in [0.15, 0.2) is 70.7 Å². The van der Waals surface area contributed by atoms with E-state index in [-0.39, 0.29) is 10.5 Å². The number of nitrogens with one attached hydrogen (secondary N) is 2. The van der Waals surface area contributed by atoms with Crippen molar-refractivity contribution in [3.63, 3.8) is 0 Å². The summed E-state index contributed by atoms with van der Waals surface area (Å²) in [4.78, 5) is 12.4. The zero-order chi connectivity index (χ0) is 19.7. The highest BCUT2D eigenvalue weighted by Crippen LogP contribution is 2.40. The van der Waals surface area contributed by atoms with Crippen LogP contribution in [0.25, 0.3) is 0 Å². The van der Waals surface area contributed by atoms with E-state index < -0.39 is 15.9 Å². The first kappa shape index (κ1) is 18.7. The van der Waals surface area contributed by atoms with Gasteiger partial charge in [-0.25, -0.2) is 13.8 Å². The number of rotatable bonds is 5. The van der Waals surface area contributed by atoms with Crippen LogP contribution in [-0.2, 0) is 10.0 Å². The van der Waals surface area contributed by atoms with Gasteiger partial charge in [0.25, 0.3) is 15.9 Å². The van der Waals surface area contributed by atoms with E-state index >= 15 is 0 Å². The first-order valence-corrected chi connectivity index (χ1v) is 10.7. The molecule has 1 amide bonds. The van der Waals surface area contributed by atoms with Crippen LogP contribution in [0.5, 0.6) is 0 Å². The summed E-state index contributed by atoms with van der Waals surface area (Å²) in [6.07, 6.45) is 6.15. The summed E-state index contributed by atoms with van der Waals surface area (Å²) in [6.45, 7) is 0. The van der Waals surface area contributed by atoms with Gasteiger partial charge in [0.15, 0.2) is 0 Å². The van der Waals surface area contributed by atoms with Crippen molar-refractivity contribution < 1.29 is 13.2 Å². The van der Waals surface area contributed by atoms with Crippen molar-refractivity contribution in [3.8, 4) is 0 Å². The Morgan fingerprint density at radius 3 is 2.75 bits per heavy atom. The van der Waals surface area contributed by atoms with Gasteiger partial charge in [-0.2, -0.15) is 5.10 Å². The highest BCUT2D eigenvalue weighted by molar-refractivity contribution is 7.92. The van der Waals surface area contributed by atoms with Crippen molar-refractivity contribution in [2.75, 3.05) is 4.72 Å². The fourth-order valence-electron chi connectivity index (χ4n) is 3.42. The molecule has 8 heteroatoms. The summed E-state index contributed by atoms with van der Waals surface area (Å²) in [7, 11) is -3.86. The molecule has 0 radical (unpaired) electrons. The van der Waals surface area contributed by atoms with Gasteiger partial charge in [0.2, 0.25) is 0 Å². The number of nitrogens with zero attached hydrogens (tertiary/aromatic N) is 1. The van der Waals surface area contributed by atoms with E-state index in [2.05, 4.69) is 27.4 Å². The molecule has 2 aliphatic carbocycles. The van der Waals surface area contributed by atoms with Crippen LogP contribution in [0, 0.1) is 11.8 Å². The summed E-state index contributed by atoms with van der Waals surface area (Å²) in [5, 5.41) is 4.63. The zero-order valence-corrected chi connectivity index (χ0v) is 16.4. The van der Waals surface area contributed by atoms with Crippen molar-refractivity contribution in [1.29, 1.82) is 0 Å². The molecule has 2 atom stereocenters. The molecule has 4 rings (SSSR count). The lowest BCUT2D eigenvalue weighted by molar-refractivity contribution is 0.0953. The molecule has 0 aromatic heterocycles. The summed E-state index contributed by atoms with van der Waals surface area (Å²) >= 11 is 5.89. The SMILES string of the molecule is O=C(N/N=C1/C[C@@H]2C=CC[C@@H]12)c1cccc(S(=O)(=O)Nc2cccc(Cl)c2)c1. The van der Waals surface area contributed by atoms with E-state index in [9.17, 15) is 13.2 Å². The fourth-order valence-corrected chi connectivity index (χ4v) is 4.71. The lowest BCUT2D eigenvalue weighted by Gasteiger charge is -2.31. The molecule has 2 aliphatic rings. The zero-order valence-electron chi connectivity index (χ0n) is 14.8. The second-order valence-corrected chi connectivity index (χ2v) is 8.94. The van der Waals surface area contributed by atoms with Gasteiger partial charge < -0.3 is 0 Å². The van der Waals surface area contributed by atoms with Crippen molar-refractivity contribution in [3.05, 3.63) is 71.3 Å². The summed E-state index contributed by atoms with van der Waals surface area (Å²) in [5.74, 6) is 0.498. The Labute approximate surface area is 168 Å². The number of hydrazone groups is 1. The van der Waals surface area contributed by atoms with Gasteiger partial charge in [0.05, 0.1) is 10.6 Å². The van der Waals surface area contributed by atoms with Gasteiger partial charge in [0, 0.05) is 22.2 Å². The average Bonchev–Trinajstić information content (AvgIpc) is 3.02. The number of benzene rings is 2. The number of hydrogen-bond acceptors (Lipinski definition) is 4. The largest absolute Gasteiger partial charge is 0.280 e. The predicted molar refractivity (Wildman–Crippen MR) is 109 cm³/mol. The van der Waals surface area contributed by atoms with E-state index in [1.807, 2.05) is 0 Å². The number of carbonyl (C=O) groups is 1. The smallest absolute Gasteiger partial charge is 0.271 e. The second-order valence-electron chi connectivity index (χ2n) is 6.83. The van der Waals surface area contributed by atoms with Gasteiger partial charge in [0.1, 0.15) is 0 Å². The third kappa shape index (κ3) is 3.81. The van der Waals surface area contributed by atoms with E-state index in [0.29, 0.717) is 22.5 Å². The maximum absolute atomic E-state index is 12.6. The van der Waals surface area contributed by atoms with Crippen molar-refractivity contribution in [2.24, 2.45) is 16.9 Å². The molecule has 2 N–H and O–H groups in total. The molecule has 28 heavy (non-hydrogen) atoms. The molecule has 6 nitrogen and oxygen atoms in total. The number of allylic oxidation sites excluding steroid dienone is 2. The van der Waals surface area contributed by atoms with Crippen molar-refractivity contribution in [2.45, 2.75) is 17.7 Å². The summed E-state index contributed by atoms with van der Waals surface area (Å²) < 4.78 is 27.7. The number of halogens is 1. The first-order valence-electron chi connectivity index (χ1n) is 8.84. The van der Waals surface area contributed by atoms with Gasteiger partial charge in [-0.05, 0) is 55.2 Å². The Morgan fingerprint density at radius 2 is 1.96 bits per heavy atom.